The smallest absolute Gasteiger partial charge is 0.298 e. The Hall–Kier alpha value is -2.60. The molecule has 5 rings (SSSR count). The number of piperidine rings is 1. The molecule has 2 saturated heterocycles. The number of halogens is 3. The van der Waals surface area contributed by atoms with Gasteiger partial charge in [-0.1, -0.05) is 54.0 Å². The summed E-state index contributed by atoms with van der Waals surface area (Å²) in [6.07, 6.45) is 2.31. The fourth-order valence-electron chi connectivity index (χ4n) is 5.79. The number of sulfonamides is 1. The van der Waals surface area contributed by atoms with Crippen LogP contribution >= 0.6 is 15.9 Å². The molecule has 3 atom stereocenters. The Labute approximate surface area is 247 Å². The zero-order valence-corrected chi connectivity index (χ0v) is 25.3. The summed E-state index contributed by atoms with van der Waals surface area (Å²) >= 11 is 3.24. The van der Waals surface area contributed by atoms with Gasteiger partial charge in [-0.15, -0.1) is 0 Å². The number of carbonyl (C=O) groups is 1. The molecule has 2 aliphatic rings. The molecular weight excluding hydrogens is 616 g/mol. The van der Waals surface area contributed by atoms with Crippen LogP contribution in [-0.2, 0) is 20.7 Å². The van der Waals surface area contributed by atoms with Crippen LogP contribution in [0.25, 0.3) is 10.8 Å². The molecule has 3 unspecified atom stereocenters. The van der Waals surface area contributed by atoms with Crippen LogP contribution in [0.3, 0.4) is 0 Å². The number of benzene rings is 3. The van der Waals surface area contributed by atoms with Gasteiger partial charge in [-0.05, 0) is 78.8 Å². The maximum Gasteiger partial charge on any atom is 0.298 e. The fraction of sp³-hybridized carbons (Fsp3) is 0.433. The molecule has 3 aromatic rings. The van der Waals surface area contributed by atoms with Crippen LogP contribution in [0.1, 0.15) is 45.1 Å². The SMILES string of the molecule is CC(C)COc1ccc2cc(S(=O)(=O)NC(C(=O)N3C4CCC3CC(N)C4)C(F)(F)c3ccc(Br)cc3)ccc2c1. The normalized spacial score (nSPS) is 21.8. The van der Waals surface area contributed by atoms with E-state index in [9.17, 15) is 13.2 Å². The van der Waals surface area contributed by atoms with Gasteiger partial charge in [0.25, 0.3) is 5.92 Å². The molecule has 41 heavy (non-hydrogen) atoms. The van der Waals surface area contributed by atoms with Crippen molar-refractivity contribution in [1.82, 2.24) is 9.62 Å². The number of rotatable bonds is 9. The van der Waals surface area contributed by atoms with Crippen LogP contribution in [0.5, 0.6) is 5.75 Å². The average Bonchev–Trinajstić information content (AvgIpc) is 3.20. The Morgan fingerprint density at radius 3 is 2.29 bits per heavy atom. The largest absolute Gasteiger partial charge is 0.493 e. The first-order valence-electron chi connectivity index (χ1n) is 13.8. The second kappa shape index (κ2) is 11.6. The number of hydrogen-bond acceptors (Lipinski definition) is 5. The van der Waals surface area contributed by atoms with Crippen molar-refractivity contribution in [3.05, 3.63) is 70.7 Å². The van der Waals surface area contributed by atoms with E-state index in [4.69, 9.17) is 10.5 Å². The predicted octanol–water partition coefficient (Wildman–Crippen LogP) is 5.56. The van der Waals surface area contributed by atoms with Gasteiger partial charge in [0.05, 0.1) is 11.5 Å². The van der Waals surface area contributed by atoms with Gasteiger partial charge in [0, 0.05) is 28.2 Å². The van der Waals surface area contributed by atoms with Gasteiger partial charge in [0.2, 0.25) is 15.9 Å². The maximum atomic E-state index is 16.2. The highest BCUT2D eigenvalue weighted by Gasteiger charge is 2.53. The first kappa shape index (κ1) is 29.9. The number of alkyl halides is 2. The van der Waals surface area contributed by atoms with E-state index < -0.39 is 33.5 Å². The molecule has 2 aliphatic heterocycles. The van der Waals surface area contributed by atoms with Crippen LogP contribution in [0, 0.1) is 5.92 Å². The molecule has 0 spiro atoms. The van der Waals surface area contributed by atoms with Gasteiger partial charge in [-0.2, -0.15) is 13.5 Å². The summed E-state index contributed by atoms with van der Waals surface area (Å²) < 4.78 is 68.0. The van der Waals surface area contributed by atoms with Gasteiger partial charge < -0.3 is 15.4 Å². The first-order valence-corrected chi connectivity index (χ1v) is 16.0. The third-order valence-corrected chi connectivity index (χ3v) is 9.76. The van der Waals surface area contributed by atoms with Crippen LogP contribution in [0.15, 0.2) is 70.0 Å². The highest BCUT2D eigenvalue weighted by Crippen LogP contribution is 2.40. The highest BCUT2D eigenvalue weighted by atomic mass is 79.9. The lowest BCUT2D eigenvalue weighted by Crippen LogP contribution is -2.60. The number of ether oxygens (including phenoxy) is 1. The van der Waals surface area contributed by atoms with Crippen molar-refractivity contribution >= 4 is 42.6 Å². The number of fused-ring (bicyclic) bond motifs is 3. The van der Waals surface area contributed by atoms with Crippen LogP contribution in [0.2, 0.25) is 0 Å². The van der Waals surface area contributed by atoms with Crippen LogP contribution in [-0.4, -0.2) is 50.0 Å². The van der Waals surface area contributed by atoms with E-state index in [1.165, 1.54) is 41.3 Å². The summed E-state index contributed by atoms with van der Waals surface area (Å²) in [5.41, 5.74) is 5.67. The first-order chi connectivity index (χ1) is 19.3. The molecule has 0 aliphatic carbocycles. The molecule has 0 aromatic heterocycles. The van der Waals surface area contributed by atoms with Crippen molar-refractivity contribution in [2.75, 3.05) is 6.61 Å². The quantitative estimate of drug-likeness (QED) is 0.316. The Morgan fingerprint density at radius 1 is 1.05 bits per heavy atom. The molecule has 220 valence electrons. The summed E-state index contributed by atoms with van der Waals surface area (Å²) in [5.74, 6) is -3.78. The molecule has 2 fully saturated rings. The number of nitrogens with one attached hydrogen (secondary N) is 1. The van der Waals surface area contributed by atoms with Gasteiger partial charge in [0.1, 0.15) is 5.75 Å². The summed E-state index contributed by atoms with van der Waals surface area (Å²) in [4.78, 5) is 15.1. The van der Waals surface area contributed by atoms with E-state index in [-0.39, 0.29) is 23.0 Å². The van der Waals surface area contributed by atoms with Gasteiger partial charge in [0.15, 0.2) is 6.04 Å². The van der Waals surface area contributed by atoms with Gasteiger partial charge >= 0.3 is 0 Å². The molecule has 11 heteroatoms. The summed E-state index contributed by atoms with van der Waals surface area (Å²) in [6.45, 7) is 4.61. The summed E-state index contributed by atoms with van der Waals surface area (Å²) in [5, 5.41) is 1.33. The highest BCUT2D eigenvalue weighted by molar-refractivity contribution is 9.10. The average molecular weight is 651 g/mol. The van der Waals surface area contributed by atoms with E-state index in [1.54, 1.807) is 24.3 Å². The molecular formula is C30H34BrF2N3O4S. The standard InChI is InChI=1S/C30H34BrF2N3O4S/c1-18(2)17-40-26-11-3-20-14-27(12-4-19(20)13-26)41(38,39)35-28(30(32,33)21-5-7-22(31)8-6-21)29(37)36-24-9-10-25(36)16-23(34)15-24/h3-8,11-14,18,23-25,28,35H,9-10,15-17,34H2,1-2H3. The van der Waals surface area contributed by atoms with E-state index in [0.717, 1.165) is 5.39 Å². The minimum absolute atomic E-state index is 0.118. The van der Waals surface area contributed by atoms with Crippen molar-refractivity contribution in [1.29, 1.82) is 0 Å². The van der Waals surface area contributed by atoms with E-state index in [0.29, 0.717) is 53.8 Å². The van der Waals surface area contributed by atoms with Crippen molar-refractivity contribution in [2.45, 2.75) is 74.5 Å². The summed E-state index contributed by atoms with van der Waals surface area (Å²) in [6, 6.07) is 11.8. The Morgan fingerprint density at radius 2 is 1.66 bits per heavy atom. The molecule has 2 bridgehead atoms. The fourth-order valence-corrected chi connectivity index (χ4v) is 7.28. The second-order valence-electron chi connectivity index (χ2n) is 11.4. The minimum Gasteiger partial charge on any atom is -0.493 e. The topological polar surface area (TPSA) is 102 Å². The lowest BCUT2D eigenvalue weighted by atomic mass is 9.95. The monoisotopic (exact) mass is 649 g/mol. The Kier molecular flexibility index (Phi) is 8.44. The van der Waals surface area contributed by atoms with Crippen LogP contribution in [0.4, 0.5) is 8.78 Å². The molecule has 2 heterocycles. The number of nitrogens with zero attached hydrogens (tertiary/aromatic N) is 1. The molecule has 0 saturated carbocycles. The lowest BCUT2D eigenvalue weighted by molar-refractivity contribution is -0.149. The molecule has 0 radical (unpaired) electrons. The number of nitrogens with two attached hydrogens (primary N) is 1. The molecule has 3 N–H and O–H groups in total. The Bertz CT molecular complexity index is 1520. The zero-order valence-electron chi connectivity index (χ0n) is 22.9. The minimum atomic E-state index is -4.53. The Balaban J connectivity index is 1.48. The molecule has 7 nitrogen and oxygen atoms in total. The maximum absolute atomic E-state index is 16.2. The van der Waals surface area contributed by atoms with Crippen molar-refractivity contribution in [3.8, 4) is 5.75 Å². The van der Waals surface area contributed by atoms with Crippen LogP contribution < -0.4 is 15.2 Å². The van der Waals surface area contributed by atoms with Crippen molar-refractivity contribution < 1.29 is 26.7 Å². The lowest BCUT2D eigenvalue weighted by Gasteiger charge is -2.41. The molecule has 1 amide bonds. The van der Waals surface area contributed by atoms with Crippen molar-refractivity contribution in [2.24, 2.45) is 11.7 Å². The number of hydrogen-bond donors (Lipinski definition) is 2. The van der Waals surface area contributed by atoms with Crippen molar-refractivity contribution in [3.63, 3.8) is 0 Å². The third kappa shape index (κ3) is 6.28. The third-order valence-electron chi connectivity index (χ3n) is 7.81. The summed E-state index contributed by atoms with van der Waals surface area (Å²) in [7, 11) is -4.53. The second-order valence-corrected chi connectivity index (χ2v) is 14.1. The van der Waals surface area contributed by atoms with E-state index in [2.05, 4.69) is 20.7 Å². The van der Waals surface area contributed by atoms with Gasteiger partial charge in [-0.3, -0.25) is 4.79 Å². The number of carbonyl (C=O) groups excluding carboxylic acids is 1. The molecule has 3 aromatic carbocycles. The zero-order chi connectivity index (χ0) is 29.5. The van der Waals surface area contributed by atoms with Gasteiger partial charge in [-0.25, -0.2) is 8.42 Å². The number of amides is 1. The van der Waals surface area contributed by atoms with E-state index in [1.807, 2.05) is 13.8 Å². The van der Waals surface area contributed by atoms with E-state index >= 15 is 8.78 Å². The predicted molar refractivity (Wildman–Crippen MR) is 157 cm³/mol.